The number of hydrogen-bond acceptors (Lipinski definition) is 3. The fourth-order valence-electron chi connectivity index (χ4n) is 3.16. The van der Waals surface area contributed by atoms with Crippen molar-refractivity contribution in [1.82, 2.24) is 15.1 Å². The summed E-state index contributed by atoms with van der Waals surface area (Å²) in [6.45, 7) is 8.09. The highest BCUT2D eigenvalue weighted by Gasteiger charge is 2.19. The molecule has 3 aromatic rings. The maximum atomic E-state index is 12.1. The standard InChI is InChI=1S/C23H26N4O2/c1-5-14-24-23(29)19-10-12-20(13-11-19)27-22(25-17(4)28)21(16(3)26-27)18-8-6-15(2)7-9-18/h6-13H,5,14H2,1-4H3,(H,24,29)(H,25,28). The molecule has 0 saturated carbocycles. The number of nitrogens with one attached hydrogen (secondary N) is 2. The van der Waals surface area contributed by atoms with Gasteiger partial charge in [0.1, 0.15) is 5.82 Å². The normalized spacial score (nSPS) is 10.6. The van der Waals surface area contributed by atoms with Gasteiger partial charge in [-0.3, -0.25) is 9.59 Å². The molecule has 2 aromatic carbocycles. The van der Waals surface area contributed by atoms with Gasteiger partial charge in [-0.25, -0.2) is 4.68 Å². The maximum absolute atomic E-state index is 12.1. The third-order valence-electron chi connectivity index (χ3n) is 4.60. The Labute approximate surface area is 170 Å². The van der Waals surface area contributed by atoms with Gasteiger partial charge in [-0.2, -0.15) is 5.10 Å². The summed E-state index contributed by atoms with van der Waals surface area (Å²) in [4.78, 5) is 24.0. The van der Waals surface area contributed by atoms with E-state index in [9.17, 15) is 9.59 Å². The van der Waals surface area contributed by atoms with Crippen LogP contribution in [0.3, 0.4) is 0 Å². The number of anilines is 1. The van der Waals surface area contributed by atoms with Gasteiger partial charge >= 0.3 is 0 Å². The first-order valence-corrected chi connectivity index (χ1v) is 9.73. The van der Waals surface area contributed by atoms with Crippen molar-refractivity contribution in [1.29, 1.82) is 0 Å². The molecule has 0 aliphatic carbocycles. The van der Waals surface area contributed by atoms with E-state index < -0.39 is 0 Å². The zero-order valence-corrected chi connectivity index (χ0v) is 17.2. The molecule has 150 valence electrons. The fraction of sp³-hybridized carbons (Fsp3) is 0.261. The van der Waals surface area contributed by atoms with E-state index in [4.69, 9.17) is 0 Å². The minimum atomic E-state index is -0.171. The molecule has 0 fully saturated rings. The van der Waals surface area contributed by atoms with Crippen molar-refractivity contribution in [3.63, 3.8) is 0 Å². The van der Waals surface area contributed by atoms with Crippen molar-refractivity contribution in [2.45, 2.75) is 34.1 Å². The predicted molar refractivity (Wildman–Crippen MR) is 115 cm³/mol. The van der Waals surface area contributed by atoms with Gasteiger partial charge in [0.15, 0.2) is 0 Å². The van der Waals surface area contributed by atoms with Crippen molar-refractivity contribution in [2.75, 3.05) is 11.9 Å². The Morgan fingerprint density at radius 2 is 1.66 bits per heavy atom. The Bertz CT molecular complexity index is 1020. The second kappa shape index (κ2) is 8.73. The van der Waals surface area contributed by atoms with Gasteiger partial charge in [-0.15, -0.1) is 0 Å². The van der Waals surface area contributed by atoms with Crippen LogP contribution in [0, 0.1) is 13.8 Å². The second-order valence-corrected chi connectivity index (χ2v) is 7.07. The summed E-state index contributed by atoms with van der Waals surface area (Å²) < 4.78 is 1.71. The molecule has 0 atom stereocenters. The van der Waals surface area contributed by atoms with Gasteiger partial charge in [-0.1, -0.05) is 36.8 Å². The molecule has 0 aliphatic rings. The summed E-state index contributed by atoms with van der Waals surface area (Å²) in [5, 5.41) is 10.4. The second-order valence-electron chi connectivity index (χ2n) is 7.07. The highest BCUT2D eigenvalue weighted by molar-refractivity contribution is 5.95. The van der Waals surface area contributed by atoms with E-state index in [-0.39, 0.29) is 11.8 Å². The molecule has 1 heterocycles. The molecule has 6 nitrogen and oxygen atoms in total. The third kappa shape index (κ3) is 4.54. The van der Waals surface area contributed by atoms with Gasteiger partial charge in [-0.05, 0) is 50.1 Å². The van der Waals surface area contributed by atoms with Crippen molar-refractivity contribution < 1.29 is 9.59 Å². The van der Waals surface area contributed by atoms with Crippen molar-refractivity contribution in [2.24, 2.45) is 0 Å². The first-order chi connectivity index (χ1) is 13.9. The van der Waals surface area contributed by atoms with Crippen LogP contribution in [0.25, 0.3) is 16.8 Å². The van der Waals surface area contributed by atoms with Gasteiger partial charge in [0, 0.05) is 24.6 Å². The lowest BCUT2D eigenvalue weighted by molar-refractivity contribution is -0.114. The highest BCUT2D eigenvalue weighted by Crippen LogP contribution is 2.33. The summed E-state index contributed by atoms with van der Waals surface area (Å²) >= 11 is 0. The van der Waals surface area contributed by atoms with Crippen LogP contribution in [0.2, 0.25) is 0 Å². The minimum absolute atomic E-state index is 0.0996. The smallest absolute Gasteiger partial charge is 0.251 e. The molecule has 1 aromatic heterocycles. The molecule has 29 heavy (non-hydrogen) atoms. The molecular weight excluding hydrogens is 364 g/mol. The number of carbonyl (C=O) groups is 2. The molecule has 2 amide bonds. The molecule has 0 spiro atoms. The Balaban J connectivity index is 2.03. The summed E-state index contributed by atoms with van der Waals surface area (Å²) in [5.41, 5.74) is 5.19. The van der Waals surface area contributed by atoms with E-state index in [1.54, 1.807) is 16.8 Å². The average Bonchev–Trinajstić information content (AvgIpc) is 3.02. The summed E-state index contributed by atoms with van der Waals surface area (Å²) in [7, 11) is 0. The number of aryl methyl sites for hydroxylation is 2. The van der Waals surface area contributed by atoms with Gasteiger partial charge < -0.3 is 10.6 Å². The van der Waals surface area contributed by atoms with Gasteiger partial charge in [0.2, 0.25) is 5.91 Å². The number of amides is 2. The molecule has 0 bridgehead atoms. The summed E-state index contributed by atoms with van der Waals surface area (Å²) in [6, 6.07) is 15.3. The van der Waals surface area contributed by atoms with Gasteiger partial charge in [0.25, 0.3) is 5.91 Å². The van der Waals surface area contributed by atoms with E-state index in [1.165, 1.54) is 6.92 Å². The largest absolute Gasteiger partial charge is 0.352 e. The SMILES string of the molecule is CCCNC(=O)c1ccc(-n2nc(C)c(-c3ccc(C)cc3)c2NC(C)=O)cc1. The quantitative estimate of drug-likeness (QED) is 0.660. The number of benzene rings is 2. The molecule has 0 saturated heterocycles. The van der Waals surface area contributed by atoms with E-state index in [1.807, 2.05) is 57.2 Å². The minimum Gasteiger partial charge on any atom is -0.352 e. The summed E-state index contributed by atoms with van der Waals surface area (Å²) in [6.07, 6.45) is 0.887. The number of carbonyl (C=O) groups excluding carboxylic acids is 2. The summed E-state index contributed by atoms with van der Waals surface area (Å²) in [5.74, 6) is 0.342. The zero-order chi connectivity index (χ0) is 21.0. The van der Waals surface area contributed by atoms with Crippen LogP contribution >= 0.6 is 0 Å². The maximum Gasteiger partial charge on any atom is 0.251 e. The van der Waals surface area contributed by atoms with Crippen molar-refractivity contribution in [3.05, 3.63) is 65.4 Å². The van der Waals surface area contributed by atoms with Crippen LogP contribution in [-0.4, -0.2) is 28.1 Å². The van der Waals surface area contributed by atoms with E-state index >= 15 is 0 Å². The molecule has 3 rings (SSSR count). The fourth-order valence-corrected chi connectivity index (χ4v) is 3.16. The van der Waals surface area contributed by atoms with E-state index in [2.05, 4.69) is 15.7 Å². The lowest BCUT2D eigenvalue weighted by atomic mass is 10.0. The molecule has 0 unspecified atom stereocenters. The zero-order valence-electron chi connectivity index (χ0n) is 17.2. The molecule has 6 heteroatoms. The predicted octanol–water partition coefficient (Wildman–Crippen LogP) is 4.25. The monoisotopic (exact) mass is 390 g/mol. The Morgan fingerprint density at radius 3 is 2.24 bits per heavy atom. The Hall–Kier alpha value is -3.41. The lowest BCUT2D eigenvalue weighted by Gasteiger charge is -2.11. The Morgan fingerprint density at radius 1 is 1.00 bits per heavy atom. The molecule has 0 aliphatic heterocycles. The van der Waals surface area contributed by atoms with Crippen LogP contribution in [0.15, 0.2) is 48.5 Å². The number of rotatable bonds is 6. The first-order valence-electron chi connectivity index (χ1n) is 9.73. The Kier molecular flexibility index (Phi) is 6.12. The van der Waals surface area contributed by atoms with E-state index in [0.29, 0.717) is 17.9 Å². The van der Waals surface area contributed by atoms with E-state index in [0.717, 1.165) is 34.5 Å². The average molecular weight is 390 g/mol. The number of hydrogen-bond donors (Lipinski definition) is 2. The van der Waals surface area contributed by atoms with Crippen molar-refractivity contribution in [3.8, 4) is 16.8 Å². The van der Waals surface area contributed by atoms with Crippen LogP contribution < -0.4 is 10.6 Å². The van der Waals surface area contributed by atoms with Crippen molar-refractivity contribution >= 4 is 17.6 Å². The van der Waals surface area contributed by atoms with Gasteiger partial charge in [0.05, 0.1) is 11.4 Å². The lowest BCUT2D eigenvalue weighted by Crippen LogP contribution is -2.23. The number of nitrogens with zero attached hydrogens (tertiary/aromatic N) is 2. The molecular formula is C23H26N4O2. The highest BCUT2D eigenvalue weighted by atomic mass is 16.2. The number of aromatic nitrogens is 2. The topological polar surface area (TPSA) is 76.0 Å². The molecule has 2 N–H and O–H groups in total. The van der Waals surface area contributed by atoms with Crippen LogP contribution in [0.5, 0.6) is 0 Å². The first kappa shape index (κ1) is 20.3. The van der Waals surface area contributed by atoms with Crippen LogP contribution in [0.4, 0.5) is 5.82 Å². The van der Waals surface area contributed by atoms with Crippen LogP contribution in [0.1, 0.15) is 41.9 Å². The molecule has 0 radical (unpaired) electrons. The third-order valence-corrected chi connectivity index (χ3v) is 4.60. The van der Waals surface area contributed by atoms with Crippen LogP contribution in [-0.2, 0) is 4.79 Å².